The van der Waals surface area contributed by atoms with Crippen molar-refractivity contribution in [3.05, 3.63) is 58.7 Å². The number of hydrogen-bond donors (Lipinski definition) is 3. The summed E-state index contributed by atoms with van der Waals surface area (Å²) in [4.78, 5) is 16.1. The number of nitrogens with zero attached hydrogens (tertiary/aromatic N) is 1. The van der Waals surface area contributed by atoms with Crippen molar-refractivity contribution in [3.63, 3.8) is 0 Å². The Morgan fingerprint density at radius 3 is 2.83 bits per heavy atom. The summed E-state index contributed by atoms with van der Waals surface area (Å²) in [6.45, 7) is 3.33. The molecule has 0 saturated heterocycles. The summed E-state index contributed by atoms with van der Waals surface area (Å²) in [5.41, 5.74) is 3.96. The Morgan fingerprint density at radius 1 is 1.27 bits per heavy atom. The van der Waals surface area contributed by atoms with Gasteiger partial charge in [-0.25, -0.2) is 0 Å². The van der Waals surface area contributed by atoms with E-state index in [1.54, 1.807) is 21.2 Å². The molecule has 160 valence electrons. The molecule has 2 aromatic carbocycles. The molecule has 0 radical (unpaired) electrons. The van der Waals surface area contributed by atoms with E-state index >= 15 is 0 Å². The molecular formula is C23H30N4O3. The van der Waals surface area contributed by atoms with E-state index in [4.69, 9.17) is 9.47 Å². The molecule has 30 heavy (non-hydrogen) atoms. The number of nitrogens with one attached hydrogen (secondary N) is 3. The van der Waals surface area contributed by atoms with Gasteiger partial charge in [0.1, 0.15) is 17.6 Å². The fraction of sp³-hybridized carbons (Fsp3) is 0.391. The molecule has 1 aliphatic rings. The van der Waals surface area contributed by atoms with E-state index in [-0.39, 0.29) is 12.0 Å². The lowest BCUT2D eigenvalue weighted by atomic mass is 10.1. The first-order chi connectivity index (χ1) is 14.5. The van der Waals surface area contributed by atoms with Crippen LogP contribution in [0.5, 0.6) is 11.5 Å². The molecule has 1 atom stereocenters. The second-order valence-corrected chi connectivity index (χ2v) is 7.29. The fourth-order valence-electron chi connectivity index (χ4n) is 3.55. The van der Waals surface area contributed by atoms with Gasteiger partial charge in [-0.05, 0) is 43.2 Å². The predicted molar refractivity (Wildman–Crippen MR) is 119 cm³/mol. The topological polar surface area (TPSA) is 84.0 Å². The summed E-state index contributed by atoms with van der Waals surface area (Å²) in [6.07, 6.45) is 1.88. The van der Waals surface area contributed by atoms with E-state index in [0.717, 1.165) is 35.5 Å². The molecule has 0 spiro atoms. The van der Waals surface area contributed by atoms with Gasteiger partial charge >= 0.3 is 0 Å². The van der Waals surface area contributed by atoms with Crippen LogP contribution in [0.15, 0.2) is 41.4 Å². The minimum atomic E-state index is -0.0797. The molecule has 0 aromatic heterocycles. The third-order valence-electron chi connectivity index (χ3n) is 5.09. The lowest BCUT2D eigenvalue weighted by Gasteiger charge is -2.15. The Balaban J connectivity index is 1.55. The summed E-state index contributed by atoms with van der Waals surface area (Å²) in [5.74, 6) is 2.40. The molecule has 1 amide bonds. The fourth-order valence-corrected chi connectivity index (χ4v) is 3.55. The maximum absolute atomic E-state index is 11.8. The predicted octanol–water partition coefficient (Wildman–Crippen LogP) is 2.29. The van der Waals surface area contributed by atoms with Gasteiger partial charge < -0.3 is 25.4 Å². The van der Waals surface area contributed by atoms with Crippen molar-refractivity contribution in [1.29, 1.82) is 0 Å². The quantitative estimate of drug-likeness (QED) is 0.482. The monoisotopic (exact) mass is 410 g/mol. The number of aliphatic imine (C=N–C) groups is 1. The molecule has 1 aliphatic heterocycles. The van der Waals surface area contributed by atoms with E-state index in [1.165, 1.54) is 5.56 Å². The number of guanidine groups is 1. The van der Waals surface area contributed by atoms with E-state index < -0.39 is 0 Å². The van der Waals surface area contributed by atoms with E-state index in [1.807, 2.05) is 30.3 Å². The number of benzene rings is 2. The van der Waals surface area contributed by atoms with Crippen molar-refractivity contribution in [2.75, 3.05) is 27.7 Å². The highest BCUT2D eigenvalue weighted by Crippen LogP contribution is 2.34. The molecule has 7 nitrogen and oxygen atoms in total. The van der Waals surface area contributed by atoms with Crippen molar-refractivity contribution in [3.8, 4) is 11.5 Å². The molecule has 1 heterocycles. The number of ether oxygens (including phenoxy) is 2. The third-order valence-corrected chi connectivity index (χ3v) is 5.09. The van der Waals surface area contributed by atoms with Crippen molar-refractivity contribution < 1.29 is 14.3 Å². The summed E-state index contributed by atoms with van der Waals surface area (Å²) in [7, 11) is 5.06. The summed E-state index contributed by atoms with van der Waals surface area (Å²) in [6, 6.07) is 11.7. The maximum atomic E-state index is 11.8. The minimum absolute atomic E-state index is 0.0797. The average molecular weight is 411 g/mol. The Labute approximate surface area is 177 Å². The molecule has 3 rings (SSSR count). The molecule has 0 aliphatic carbocycles. The molecule has 0 saturated carbocycles. The van der Waals surface area contributed by atoms with Gasteiger partial charge in [0.2, 0.25) is 0 Å². The second kappa shape index (κ2) is 10.0. The molecule has 0 fully saturated rings. The number of methoxy groups -OCH3 is 1. The second-order valence-electron chi connectivity index (χ2n) is 7.29. The smallest absolute Gasteiger partial charge is 0.251 e. The van der Waals surface area contributed by atoms with Crippen LogP contribution in [-0.2, 0) is 19.4 Å². The van der Waals surface area contributed by atoms with E-state index in [2.05, 4.69) is 33.9 Å². The highest BCUT2D eigenvalue weighted by atomic mass is 16.5. The zero-order valence-corrected chi connectivity index (χ0v) is 18.0. The van der Waals surface area contributed by atoms with Gasteiger partial charge in [0.25, 0.3) is 5.91 Å². The van der Waals surface area contributed by atoms with Crippen LogP contribution >= 0.6 is 0 Å². The largest absolute Gasteiger partial charge is 0.496 e. The zero-order valence-electron chi connectivity index (χ0n) is 18.0. The number of hydrogen-bond acceptors (Lipinski definition) is 4. The minimum Gasteiger partial charge on any atom is -0.496 e. The Hall–Kier alpha value is -3.22. The van der Waals surface area contributed by atoms with Gasteiger partial charge in [-0.2, -0.15) is 0 Å². The Bertz CT molecular complexity index is 927. The van der Waals surface area contributed by atoms with Crippen molar-refractivity contribution in [1.82, 2.24) is 16.0 Å². The molecule has 1 unspecified atom stereocenters. The van der Waals surface area contributed by atoms with E-state index in [0.29, 0.717) is 24.6 Å². The number of carbonyl (C=O) groups excluding carboxylic acids is 1. The molecule has 0 bridgehead atoms. The van der Waals surface area contributed by atoms with Crippen LogP contribution in [0.3, 0.4) is 0 Å². The van der Waals surface area contributed by atoms with Crippen molar-refractivity contribution in [2.24, 2.45) is 4.99 Å². The number of amides is 1. The van der Waals surface area contributed by atoms with Gasteiger partial charge in [0.15, 0.2) is 5.96 Å². The van der Waals surface area contributed by atoms with Gasteiger partial charge in [-0.15, -0.1) is 0 Å². The average Bonchev–Trinajstić information content (AvgIpc) is 3.13. The maximum Gasteiger partial charge on any atom is 0.251 e. The first-order valence-electron chi connectivity index (χ1n) is 10.2. The number of fused-ring (bicyclic) bond motifs is 1. The SMILES string of the molecule is CN=C(NCCc1cccc(C(=O)NC)c1)NCc1cc2c(cc1OC)CC(C)O2. The molecule has 3 N–H and O–H groups in total. The van der Waals surface area contributed by atoms with Gasteiger partial charge in [-0.1, -0.05) is 12.1 Å². The van der Waals surface area contributed by atoms with Gasteiger partial charge in [-0.3, -0.25) is 9.79 Å². The number of rotatable bonds is 7. The zero-order chi connectivity index (χ0) is 21.5. The van der Waals surface area contributed by atoms with E-state index in [9.17, 15) is 4.79 Å². The third kappa shape index (κ3) is 5.23. The van der Waals surface area contributed by atoms with Crippen LogP contribution in [0, 0.1) is 0 Å². The van der Waals surface area contributed by atoms with Crippen LogP contribution in [-0.4, -0.2) is 45.7 Å². The summed E-state index contributed by atoms with van der Waals surface area (Å²) >= 11 is 0. The van der Waals surface area contributed by atoms with Crippen LogP contribution in [0.4, 0.5) is 0 Å². The van der Waals surface area contributed by atoms with Crippen molar-refractivity contribution >= 4 is 11.9 Å². The van der Waals surface area contributed by atoms with Crippen LogP contribution < -0.4 is 25.4 Å². The summed E-state index contributed by atoms with van der Waals surface area (Å²) < 4.78 is 11.4. The normalized spacial score (nSPS) is 15.2. The number of carbonyl (C=O) groups is 1. The van der Waals surface area contributed by atoms with Crippen LogP contribution in [0.2, 0.25) is 0 Å². The molecule has 2 aromatic rings. The lowest BCUT2D eigenvalue weighted by molar-refractivity contribution is 0.0963. The highest BCUT2D eigenvalue weighted by Gasteiger charge is 2.21. The Kier molecular flexibility index (Phi) is 7.17. The van der Waals surface area contributed by atoms with Crippen LogP contribution in [0.25, 0.3) is 0 Å². The van der Waals surface area contributed by atoms with Crippen molar-refractivity contribution in [2.45, 2.75) is 32.4 Å². The van der Waals surface area contributed by atoms with Gasteiger partial charge in [0, 0.05) is 50.3 Å². The van der Waals surface area contributed by atoms with Gasteiger partial charge in [0.05, 0.1) is 7.11 Å². The lowest BCUT2D eigenvalue weighted by Crippen LogP contribution is -2.38. The first-order valence-corrected chi connectivity index (χ1v) is 10.2. The first kappa shape index (κ1) is 21.5. The molecular weight excluding hydrogens is 380 g/mol. The van der Waals surface area contributed by atoms with Crippen LogP contribution in [0.1, 0.15) is 34.0 Å². The summed E-state index contributed by atoms with van der Waals surface area (Å²) in [5, 5.41) is 9.29. The Morgan fingerprint density at radius 2 is 2.10 bits per heavy atom. The standard InChI is InChI=1S/C23H30N4O3/c1-15-10-18-12-20(29-4)19(13-21(18)30-15)14-27-23(25-3)26-9-8-16-6-5-7-17(11-16)22(28)24-2/h5-7,11-13,15H,8-10,14H2,1-4H3,(H,24,28)(H2,25,26,27). The highest BCUT2D eigenvalue weighted by molar-refractivity contribution is 5.94. The molecule has 7 heteroatoms.